The van der Waals surface area contributed by atoms with Gasteiger partial charge in [0.2, 0.25) is 5.91 Å². The average Bonchev–Trinajstić information content (AvgIpc) is 2.34. The van der Waals surface area contributed by atoms with Gasteiger partial charge in [0.05, 0.1) is 5.69 Å². The van der Waals surface area contributed by atoms with Crippen LogP contribution in [0.1, 0.15) is 18.1 Å². The fourth-order valence-corrected chi connectivity index (χ4v) is 2.20. The quantitative estimate of drug-likeness (QED) is 0.776. The summed E-state index contributed by atoms with van der Waals surface area (Å²) in [5.74, 6) is 0.0265. The lowest BCUT2D eigenvalue weighted by Crippen LogP contribution is -2.24. The summed E-state index contributed by atoms with van der Waals surface area (Å²) in [6, 6.07) is 15.8. The van der Waals surface area contributed by atoms with Gasteiger partial charge in [-0.2, -0.15) is 0 Å². The van der Waals surface area contributed by atoms with Crippen molar-refractivity contribution in [3.8, 4) is 0 Å². The molecule has 0 saturated carbocycles. The smallest absolute Gasteiger partial charge is 0.228 e. The summed E-state index contributed by atoms with van der Waals surface area (Å²) in [5.41, 5.74) is 4.10. The van der Waals surface area contributed by atoms with Crippen LogP contribution in [0.25, 0.3) is 0 Å². The van der Waals surface area contributed by atoms with Gasteiger partial charge >= 0.3 is 0 Å². The van der Waals surface area contributed by atoms with Crippen molar-refractivity contribution in [2.75, 3.05) is 4.90 Å². The summed E-state index contributed by atoms with van der Waals surface area (Å²) < 4.78 is 0. The van der Waals surface area contributed by atoms with Gasteiger partial charge in [-0.05, 0) is 37.1 Å². The van der Waals surface area contributed by atoms with E-state index in [-0.39, 0.29) is 5.91 Å². The van der Waals surface area contributed by atoms with Gasteiger partial charge < -0.3 is 0 Å². The largest absolute Gasteiger partial charge is 0.281 e. The first-order valence-corrected chi connectivity index (χ1v) is 6.03. The molecular weight excluding hydrogens is 222 g/mol. The minimum absolute atomic E-state index is 0.0265. The van der Waals surface area contributed by atoms with Gasteiger partial charge in [-0.1, -0.05) is 36.4 Å². The molecule has 2 rings (SSSR count). The number of para-hydroxylation sites is 2. The van der Waals surface area contributed by atoms with Crippen molar-refractivity contribution in [2.24, 2.45) is 0 Å². The molecule has 2 aromatic carbocycles. The topological polar surface area (TPSA) is 20.3 Å². The average molecular weight is 239 g/mol. The molecule has 1 amide bonds. The van der Waals surface area contributed by atoms with E-state index in [1.807, 2.05) is 62.4 Å². The lowest BCUT2D eigenvalue weighted by atomic mass is 10.1. The maximum Gasteiger partial charge on any atom is 0.228 e. The van der Waals surface area contributed by atoms with E-state index in [1.165, 1.54) is 0 Å². The Kier molecular flexibility index (Phi) is 3.47. The summed E-state index contributed by atoms with van der Waals surface area (Å²) >= 11 is 0. The van der Waals surface area contributed by atoms with E-state index in [0.29, 0.717) is 0 Å². The second kappa shape index (κ2) is 5.05. The molecule has 0 heterocycles. The highest BCUT2D eigenvalue weighted by Crippen LogP contribution is 2.31. The zero-order chi connectivity index (χ0) is 13.1. The molecule has 0 unspecified atom stereocenters. The minimum atomic E-state index is 0.0265. The van der Waals surface area contributed by atoms with Crippen LogP contribution in [0.3, 0.4) is 0 Å². The SMILES string of the molecule is CC(=O)N(c1ccccc1)c1c(C)cccc1C. The predicted octanol–water partition coefficient (Wildman–Crippen LogP) is 3.99. The second-order valence-electron chi connectivity index (χ2n) is 4.43. The number of hydrogen-bond acceptors (Lipinski definition) is 1. The van der Waals surface area contributed by atoms with Crippen LogP contribution in [-0.2, 0) is 4.79 Å². The van der Waals surface area contributed by atoms with E-state index >= 15 is 0 Å². The van der Waals surface area contributed by atoms with Crippen molar-refractivity contribution >= 4 is 17.3 Å². The van der Waals surface area contributed by atoms with Crippen LogP contribution in [0.15, 0.2) is 48.5 Å². The van der Waals surface area contributed by atoms with Crippen LogP contribution in [0.4, 0.5) is 11.4 Å². The lowest BCUT2D eigenvalue weighted by Gasteiger charge is -2.25. The number of carbonyl (C=O) groups excluding carboxylic acids is 1. The first-order valence-electron chi connectivity index (χ1n) is 6.03. The van der Waals surface area contributed by atoms with Crippen LogP contribution < -0.4 is 4.90 Å². The van der Waals surface area contributed by atoms with E-state index in [4.69, 9.17) is 0 Å². The monoisotopic (exact) mass is 239 g/mol. The van der Waals surface area contributed by atoms with E-state index in [2.05, 4.69) is 0 Å². The third kappa shape index (κ3) is 2.28. The summed E-state index contributed by atoms with van der Waals surface area (Å²) in [7, 11) is 0. The Morgan fingerprint density at radius 1 is 0.889 bits per heavy atom. The number of rotatable bonds is 2. The molecule has 0 aromatic heterocycles. The van der Waals surface area contributed by atoms with Crippen LogP contribution in [0, 0.1) is 13.8 Å². The lowest BCUT2D eigenvalue weighted by molar-refractivity contribution is -0.115. The Balaban J connectivity index is 2.60. The molecular formula is C16H17NO. The molecule has 0 atom stereocenters. The Morgan fingerprint density at radius 2 is 1.44 bits per heavy atom. The Bertz CT molecular complexity index is 540. The predicted molar refractivity (Wildman–Crippen MR) is 75.2 cm³/mol. The van der Waals surface area contributed by atoms with Crippen LogP contribution in [0.2, 0.25) is 0 Å². The Morgan fingerprint density at radius 3 is 1.94 bits per heavy atom. The molecule has 0 aliphatic heterocycles. The molecule has 2 nitrogen and oxygen atoms in total. The number of aryl methyl sites for hydroxylation is 2. The van der Waals surface area contributed by atoms with Crippen molar-refractivity contribution in [1.29, 1.82) is 0 Å². The van der Waals surface area contributed by atoms with Gasteiger partial charge in [0.1, 0.15) is 0 Å². The van der Waals surface area contributed by atoms with Crippen molar-refractivity contribution in [3.05, 3.63) is 59.7 Å². The normalized spacial score (nSPS) is 10.2. The zero-order valence-corrected chi connectivity index (χ0v) is 11.0. The van der Waals surface area contributed by atoms with E-state index in [9.17, 15) is 4.79 Å². The fraction of sp³-hybridized carbons (Fsp3) is 0.188. The van der Waals surface area contributed by atoms with Gasteiger partial charge in [0.25, 0.3) is 0 Å². The van der Waals surface area contributed by atoms with Gasteiger partial charge in [-0.15, -0.1) is 0 Å². The van der Waals surface area contributed by atoms with Crippen LogP contribution in [-0.4, -0.2) is 5.91 Å². The number of hydrogen-bond donors (Lipinski definition) is 0. The third-order valence-electron chi connectivity index (χ3n) is 2.99. The molecule has 0 saturated heterocycles. The molecule has 0 radical (unpaired) electrons. The van der Waals surface area contributed by atoms with Crippen molar-refractivity contribution in [1.82, 2.24) is 0 Å². The Hall–Kier alpha value is -2.09. The van der Waals surface area contributed by atoms with Gasteiger partial charge in [-0.25, -0.2) is 0 Å². The highest BCUT2D eigenvalue weighted by atomic mass is 16.2. The molecule has 0 N–H and O–H groups in total. The van der Waals surface area contributed by atoms with Gasteiger partial charge in [0.15, 0.2) is 0 Å². The zero-order valence-electron chi connectivity index (χ0n) is 11.0. The highest BCUT2D eigenvalue weighted by Gasteiger charge is 2.17. The minimum Gasteiger partial charge on any atom is -0.281 e. The number of benzene rings is 2. The van der Waals surface area contributed by atoms with Crippen LogP contribution >= 0.6 is 0 Å². The first-order chi connectivity index (χ1) is 8.61. The molecule has 2 heteroatoms. The second-order valence-corrected chi connectivity index (χ2v) is 4.43. The fourth-order valence-electron chi connectivity index (χ4n) is 2.20. The number of nitrogens with zero attached hydrogens (tertiary/aromatic N) is 1. The molecule has 18 heavy (non-hydrogen) atoms. The maximum absolute atomic E-state index is 12.0. The van der Waals surface area contributed by atoms with Crippen molar-refractivity contribution in [3.63, 3.8) is 0 Å². The molecule has 0 aliphatic rings. The summed E-state index contributed by atoms with van der Waals surface area (Å²) in [4.78, 5) is 13.7. The molecule has 92 valence electrons. The van der Waals surface area contributed by atoms with Gasteiger partial charge in [0, 0.05) is 12.6 Å². The van der Waals surface area contributed by atoms with Crippen molar-refractivity contribution < 1.29 is 4.79 Å². The number of anilines is 2. The molecule has 0 fully saturated rings. The molecule has 0 spiro atoms. The maximum atomic E-state index is 12.0. The summed E-state index contributed by atoms with van der Waals surface area (Å²) in [6.07, 6.45) is 0. The molecule has 0 bridgehead atoms. The Labute approximate surface area is 108 Å². The third-order valence-corrected chi connectivity index (χ3v) is 2.99. The van der Waals surface area contributed by atoms with Gasteiger partial charge in [-0.3, -0.25) is 9.69 Å². The van der Waals surface area contributed by atoms with E-state index in [1.54, 1.807) is 11.8 Å². The number of amides is 1. The van der Waals surface area contributed by atoms with Crippen LogP contribution in [0.5, 0.6) is 0 Å². The van der Waals surface area contributed by atoms with E-state index in [0.717, 1.165) is 22.5 Å². The van der Waals surface area contributed by atoms with Crippen molar-refractivity contribution in [2.45, 2.75) is 20.8 Å². The summed E-state index contributed by atoms with van der Waals surface area (Å²) in [5, 5.41) is 0. The summed E-state index contributed by atoms with van der Waals surface area (Å²) in [6.45, 7) is 5.65. The highest BCUT2D eigenvalue weighted by molar-refractivity contribution is 6.00. The molecule has 2 aromatic rings. The standard InChI is InChI=1S/C16H17NO/c1-12-8-7-9-13(2)16(12)17(14(3)18)15-10-5-4-6-11-15/h4-11H,1-3H3. The van der Waals surface area contributed by atoms with E-state index < -0.39 is 0 Å². The first kappa shape index (κ1) is 12.4. The molecule has 0 aliphatic carbocycles. The number of carbonyl (C=O) groups is 1.